The van der Waals surface area contributed by atoms with E-state index in [1.807, 2.05) is 0 Å². The molecule has 138 valence electrons. The Balaban J connectivity index is 0.00000210. The summed E-state index contributed by atoms with van der Waals surface area (Å²) in [4.78, 5) is 35.7. The molecule has 0 aliphatic heterocycles. The Kier molecular flexibility index (Phi) is 7.47. The van der Waals surface area contributed by atoms with Gasteiger partial charge < -0.3 is 11.8 Å². The number of carbonyl (C=O) groups excluding carboxylic acids is 2. The van der Waals surface area contributed by atoms with Gasteiger partial charge in [-0.1, -0.05) is 29.3 Å². The van der Waals surface area contributed by atoms with Gasteiger partial charge in [-0.25, -0.2) is 4.79 Å². The van der Waals surface area contributed by atoms with Crippen LogP contribution in [0.4, 0.5) is 5.69 Å². The molecule has 3 aromatic rings. The zero-order valence-electron chi connectivity index (χ0n) is 15.5. The van der Waals surface area contributed by atoms with Crippen LogP contribution in [0, 0.1) is 0 Å². The molecule has 0 saturated carbocycles. The topological polar surface area (TPSA) is 83.5 Å². The van der Waals surface area contributed by atoms with Crippen LogP contribution in [0.2, 0.25) is 10.0 Å². The molecule has 0 aliphatic carbocycles. The number of halogens is 2. The smallest absolute Gasteiger partial charge is 1.00 e. The van der Waals surface area contributed by atoms with E-state index in [9.17, 15) is 19.5 Å². The molecule has 0 atom stereocenters. The number of anilines is 1. The first-order valence-electron chi connectivity index (χ1n) is 7.57. The molecular formula is C19H12Cl2LiNO4S. The van der Waals surface area contributed by atoms with Crippen molar-refractivity contribution in [2.45, 2.75) is 0 Å². The molecule has 1 amide bonds. The number of rotatable bonds is 5. The molecule has 0 bridgehead atoms. The van der Waals surface area contributed by atoms with Gasteiger partial charge in [-0.05, 0) is 47.3 Å². The molecule has 2 N–H and O–H groups in total. The predicted octanol–water partition coefficient (Wildman–Crippen LogP) is 2.60. The van der Waals surface area contributed by atoms with Gasteiger partial charge in [-0.2, -0.15) is 0 Å². The first kappa shape index (κ1) is 22.2. The monoisotopic (exact) mass is 427 g/mol. The summed E-state index contributed by atoms with van der Waals surface area (Å²) in [5.41, 5.74) is 1.39. The Morgan fingerprint density at radius 3 is 2.46 bits per heavy atom. The van der Waals surface area contributed by atoms with Gasteiger partial charge in [0, 0.05) is 10.6 Å². The van der Waals surface area contributed by atoms with Crippen LogP contribution < -0.4 is 24.2 Å². The third kappa shape index (κ3) is 4.66. The third-order valence-electron chi connectivity index (χ3n) is 3.79. The van der Waals surface area contributed by atoms with Crippen LogP contribution in [0.15, 0.2) is 47.8 Å². The summed E-state index contributed by atoms with van der Waals surface area (Å²) >= 11 is 13.1. The summed E-state index contributed by atoms with van der Waals surface area (Å²) < 4.78 is 0. The van der Waals surface area contributed by atoms with Crippen LogP contribution in [-0.4, -0.2) is 23.3 Å². The summed E-state index contributed by atoms with van der Waals surface area (Å²) in [6.07, 6.45) is 0.721. The summed E-state index contributed by atoms with van der Waals surface area (Å²) in [7, 11) is 0. The van der Waals surface area contributed by atoms with Gasteiger partial charge >= 0.3 is 24.8 Å². The number of hydrogen-bond donors (Lipinski definition) is 2. The number of benzene rings is 2. The van der Waals surface area contributed by atoms with Gasteiger partial charge in [-0.3, -0.25) is 9.59 Å². The summed E-state index contributed by atoms with van der Waals surface area (Å²) in [6, 6.07) is 10.7. The second kappa shape index (κ2) is 9.42. The normalized spacial score (nSPS) is 10.1. The average molecular weight is 428 g/mol. The van der Waals surface area contributed by atoms with Gasteiger partial charge in [0.1, 0.15) is 0 Å². The molecule has 0 aliphatic rings. The number of hydrogen-bond acceptors (Lipinski definition) is 4. The number of aromatic carboxylic acids is 1. The molecule has 0 fully saturated rings. The maximum atomic E-state index is 12.5. The molecule has 0 saturated heterocycles. The van der Waals surface area contributed by atoms with Crippen LogP contribution in [0.5, 0.6) is 0 Å². The van der Waals surface area contributed by atoms with E-state index in [4.69, 9.17) is 23.2 Å². The van der Waals surface area contributed by atoms with E-state index in [-0.39, 0.29) is 42.1 Å². The van der Waals surface area contributed by atoms with Crippen molar-refractivity contribution in [1.29, 1.82) is 0 Å². The zero-order chi connectivity index (χ0) is 19.6. The molecule has 28 heavy (non-hydrogen) atoms. The van der Waals surface area contributed by atoms with Crippen molar-refractivity contribution in [2.24, 2.45) is 0 Å². The van der Waals surface area contributed by atoms with E-state index >= 15 is 0 Å². The molecule has 9 heteroatoms. The van der Waals surface area contributed by atoms with E-state index in [1.165, 1.54) is 41.7 Å². The van der Waals surface area contributed by atoms with Crippen LogP contribution in [0.25, 0.3) is 11.1 Å². The standard InChI is InChI=1S/C19H11Cl2NO4S.Li.H/c20-11-2-3-13(15(21)8-11)18(24)22-16-4-1-10(7-14(16)19(25)26)12-5-6-27-17(12)9-23;;/h1-9H,(H,22,24)(H,25,26);;/q;+1;-1. The molecule has 5 nitrogen and oxygen atoms in total. The van der Waals surface area contributed by atoms with Gasteiger partial charge in [-0.15, -0.1) is 11.3 Å². The number of carboxylic acids is 1. The fourth-order valence-electron chi connectivity index (χ4n) is 2.51. The Bertz CT molecular complexity index is 1070. The minimum absolute atomic E-state index is 0. The van der Waals surface area contributed by atoms with Crippen LogP contribution in [0.1, 0.15) is 31.8 Å². The van der Waals surface area contributed by atoms with Crippen LogP contribution in [0.3, 0.4) is 0 Å². The number of carbonyl (C=O) groups is 3. The second-order valence-corrected chi connectivity index (χ2v) is 7.25. The van der Waals surface area contributed by atoms with Crippen molar-refractivity contribution < 1.29 is 39.8 Å². The molecule has 1 heterocycles. The minimum Gasteiger partial charge on any atom is -1.00 e. The van der Waals surface area contributed by atoms with E-state index < -0.39 is 11.9 Å². The van der Waals surface area contributed by atoms with Crippen molar-refractivity contribution in [1.82, 2.24) is 0 Å². The Morgan fingerprint density at radius 2 is 1.82 bits per heavy atom. The van der Waals surface area contributed by atoms with E-state index in [1.54, 1.807) is 17.5 Å². The SMILES string of the molecule is O=Cc1sccc1-c1ccc(NC(=O)c2ccc(Cl)cc2Cl)c(C(=O)O)c1.[H-].[Li+]. The maximum Gasteiger partial charge on any atom is 1.00 e. The first-order chi connectivity index (χ1) is 12.9. The maximum absolute atomic E-state index is 12.5. The molecule has 0 unspecified atom stereocenters. The number of nitrogens with one attached hydrogen (secondary N) is 1. The fourth-order valence-corrected chi connectivity index (χ4v) is 3.73. The fraction of sp³-hybridized carbons (Fsp3) is 0. The molecule has 2 aromatic carbocycles. The number of thiophene rings is 1. The number of amides is 1. The zero-order valence-corrected chi connectivity index (χ0v) is 16.9. The number of aldehydes is 1. The summed E-state index contributed by atoms with van der Waals surface area (Å²) in [5, 5.41) is 14.4. The van der Waals surface area contributed by atoms with E-state index in [2.05, 4.69) is 5.32 Å². The van der Waals surface area contributed by atoms with Crippen LogP contribution >= 0.6 is 34.5 Å². The minimum atomic E-state index is -1.21. The van der Waals surface area contributed by atoms with Gasteiger partial charge in [0.2, 0.25) is 0 Å². The molecular weight excluding hydrogens is 416 g/mol. The quantitative estimate of drug-likeness (QED) is 0.484. The Hall–Kier alpha value is -2.07. The average Bonchev–Trinajstić information content (AvgIpc) is 3.10. The molecule has 3 rings (SSSR count). The molecule has 0 spiro atoms. The van der Waals surface area contributed by atoms with E-state index in [0.29, 0.717) is 21.0 Å². The first-order valence-corrected chi connectivity index (χ1v) is 9.21. The predicted molar refractivity (Wildman–Crippen MR) is 108 cm³/mol. The largest absolute Gasteiger partial charge is 1.00 e. The Morgan fingerprint density at radius 1 is 1.07 bits per heavy atom. The van der Waals surface area contributed by atoms with Crippen molar-refractivity contribution in [3.05, 3.63) is 73.9 Å². The van der Waals surface area contributed by atoms with Gasteiger partial charge in [0.15, 0.2) is 6.29 Å². The molecule has 1 aromatic heterocycles. The van der Waals surface area contributed by atoms with Crippen molar-refractivity contribution >= 4 is 58.4 Å². The van der Waals surface area contributed by atoms with Crippen molar-refractivity contribution in [2.75, 3.05) is 5.32 Å². The van der Waals surface area contributed by atoms with Crippen LogP contribution in [-0.2, 0) is 0 Å². The van der Waals surface area contributed by atoms with Crippen molar-refractivity contribution in [3.8, 4) is 11.1 Å². The van der Waals surface area contributed by atoms with E-state index in [0.717, 1.165) is 6.29 Å². The Labute approximate surface area is 187 Å². The number of carboxylic acid groups (broad SMARTS) is 1. The summed E-state index contributed by atoms with van der Waals surface area (Å²) in [6.45, 7) is 0. The molecule has 0 radical (unpaired) electrons. The summed E-state index contributed by atoms with van der Waals surface area (Å²) in [5.74, 6) is -1.77. The van der Waals surface area contributed by atoms with Gasteiger partial charge in [0.05, 0.1) is 26.7 Å². The third-order valence-corrected chi connectivity index (χ3v) is 5.18. The second-order valence-electron chi connectivity index (χ2n) is 5.46. The van der Waals surface area contributed by atoms with Crippen molar-refractivity contribution in [3.63, 3.8) is 0 Å². The van der Waals surface area contributed by atoms with Gasteiger partial charge in [0.25, 0.3) is 5.91 Å².